The number of hydrogen-bond donors (Lipinski definition) is 5. The highest BCUT2D eigenvalue weighted by Crippen LogP contribution is 2.18. The Morgan fingerprint density at radius 2 is 2.33 bits per heavy atom. The Morgan fingerprint density at radius 3 is 2.80 bits per heavy atom. The van der Waals surface area contributed by atoms with Gasteiger partial charge in [0.25, 0.3) is 0 Å². The van der Waals surface area contributed by atoms with Gasteiger partial charge < -0.3 is 11.1 Å². The highest BCUT2D eigenvalue weighted by Gasteiger charge is 2.10. The van der Waals surface area contributed by atoms with Gasteiger partial charge in [0.05, 0.1) is 6.04 Å². The summed E-state index contributed by atoms with van der Waals surface area (Å²) in [7, 11) is 0. The summed E-state index contributed by atoms with van der Waals surface area (Å²) in [5, 5.41) is 23.9. The van der Waals surface area contributed by atoms with Crippen LogP contribution in [0.5, 0.6) is 0 Å². The first-order chi connectivity index (χ1) is 7.13. The minimum atomic E-state index is -0.229. The fourth-order valence-electron chi connectivity index (χ4n) is 1.24. The molecule has 0 aliphatic rings. The lowest BCUT2D eigenvalue weighted by Crippen LogP contribution is -2.44. The minimum Gasteiger partial charge on any atom is -0.370 e. The highest BCUT2D eigenvalue weighted by molar-refractivity contribution is 7.07. The van der Waals surface area contributed by atoms with Crippen molar-refractivity contribution < 1.29 is 0 Å². The third kappa shape index (κ3) is 3.59. The molecular formula is C9H15N5S. The van der Waals surface area contributed by atoms with Crippen LogP contribution < -0.4 is 16.4 Å². The van der Waals surface area contributed by atoms with Crippen LogP contribution in [0.1, 0.15) is 24.9 Å². The zero-order valence-corrected chi connectivity index (χ0v) is 9.32. The van der Waals surface area contributed by atoms with Crippen LogP contribution in [0.2, 0.25) is 0 Å². The summed E-state index contributed by atoms with van der Waals surface area (Å²) >= 11 is 1.63. The van der Waals surface area contributed by atoms with Crippen molar-refractivity contribution in [3.8, 4) is 0 Å². The molecule has 15 heavy (non-hydrogen) atoms. The minimum absolute atomic E-state index is 0.0561. The van der Waals surface area contributed by atoms with Crippen LogP contribution in [0.25, 0.3) is 0 Å². The molecule has 1 aromatic rings. The van der Waals surface area contributed by atoms with Gasteiger partial charge in [-0.25, -0.2) is 0 Å². The van der Waals surface area contributed by atoms with E-state index < -0.39 is 0 Å². The predicted octanol–water partition coefficient (Wildman–Crippen LogP) is 1.21. The Morgan fingerprint density at radius 1 is 1.60 bits per heavy atom. The summed E-state index contributed by atoms with van der Waals surface area (Å²) in [4.78, 5) is 0. The lowest BCUT2D eigenvalue weighted by molar-refractivity contribution is 0.618. The fourth-order valence-corrected chi connectivity index (χ4v) is 1.95. The van der Waals surface area contributed by atoms with Crippen LogP contribution in [0.3, 0.4) is 0 Å². The van der Waals surface area contributed by atoms with Crippen molar-refractivity contribution in [1.29, 1.82) is 10.8 Å². The largest absolute Gasteiger partial charge is 0.370 e. The van der Waals surface area contributed by atoms with E-state index in [9.17, 15) is 0 Å². The van der Waals surface area contributed by atoms with Crippen molar-refractivity contribution in [2.24, 2.45) is 5.73 Å². The molecule has 6 N–H and O–H groups in total. The third-order valence-corrected chi connectivity index (χ3v) is 2.63. The maximum absolute atomic E-state index is 7.52. The smallest absolute Gasteiger partial charge is 0.195 e. The molecule has 0 saturated heterocycles. The molecule has 0 amide bonds. The van der Waals surface area contributed by atoms with Crippen LogP contribution in [0.4, 0.5) is 0 Å². The van der Waals surface area contributed by atoms with Crippen molar-refractivity contribution >= 4 is 23.3 Å². The van der Waals surface area contributed by atoms with E-state index in [1.165, 1.54) is 0 Å². The van der Waals surface area contributed by atoms with Crippen molar-refractivity contribution in [3.05, 3.63) is 22.4 Å². The van der Waals surface area contributed by atoms with Gasteiger partial charge in [0.1, 0.15) is 0 Å². The standard InChI is InChI=1S/C9H15N5S/c1-2-7(6-3-4-15-5-6)13-9(12)14-8(10)11/h3-5,7H,2H2,1H3,(H6,10,11,12,13,14). The lowest BCUT2D eigenvalue weighted by Gasteiger charge is -2.17. The highest BCUT2D eigenvalue weighted by atomic mass is 32.1. The van der Waals surface area contributed by atoms with Gasteiger partial charge in [0.2, 0.25) is 0 Å². The summed E-state index contributed by atoms with van der Waals surface area (Å²) < 4.78 is 0. The molecule has 1 aromatic heterocycles. The molecule has 0 fully saturated rings. The third-order valence-electron chi connectivity index (χ3n) is 1.93. The lowest BCUT2D eigenvalue weighted by atomic mass is 10.1. The van der Waals surface area contributed by atoms with E-state index in [4.69, 9.17) is 16.6 Å². The van der Waals surface area contributed by atoms with Gasteiger partial charge in [0.15, 0.2) is 11.9 Å². The summed E-state index contributed by atoms with van der Waals surface area (Å²) in [6.45, 7) is 2.04. The van der Waals surface area contributed by atoms with E-state index in [2.05, 4.69) is 10.6 Å². The summed E-state index contributed by atoms with van der Waals surface area (Å²) in [6, 6.07) is 2.11. The molecule has 5 nitrogen and oxygen atoms in total. The second-order valence-electron chi connectivity index (χ2n) is 3.08. The van der Waals surface area contributed by atoms with Gasteiger partial charge >= 0.3 is 0 Å². The van der Waals surface area contributed by atoms with Crippen LogP contribution in [-0.4, -0.2) is 11.9 Å². The van der Waals surface area contributed by atoms with Crippen molar-refractivity contribution in [2.75, 3.05) is 0 Å². The van der Waals surface area contributed by atoms with Gasteiger partial charge in [0, 0.05) is 0 Å². The van der Waals surface area contributed by atoms with E-state index >= 15 is 0 Å². The van der Waals surface area contributed by atoms with E-state index in [0.29, 0.717) is 0 Å². The maximum Gasteiger partial charge on any atom is 0.195 e. The second kappa shape index (κ2) is 5.35. The number of nitrogens with two attached hydrogens (primary N) is 1. The summed E-state index contributed by atoms with van der Waals surface area (Å²) in [5.74, 6) is -0.173. The first-order valence-electron chi connectivity index (χ1n) is 4.61. The molecule has 0 bridgehead atoms. The van der Waals surface area contributed by atoms with E-state index in [-0.39, 0.29) is 18.0 Å². The topological polar surface area (TPSA) is 97.8 Å². The van der Waals surface area contributed by atoms with Gasteiger partial charge in [-0.05, 0) is 28.8 Å². The Bertz CT molecular complexity index is 332. The van der Waals surface area contributed by atoms with Crippen LogP contribution >= 0.6 is 11.3 Å². The van der Waals surface area contributed by atoms with Crippen LogP contribution in [0.15, 0.2) is 16.8 Å². The zero-order valence-electron chi connectivity index (χ0n) is 8.50. The molecule has 0 aliphatic heterocycles. The number of guanidine groups is 2. The number of thiophene rings is 1. The zero-order chi connectivity index (χ0) is 11.3. The van der Waals surface area contributed by atoms with Crippen LogP contribution in [-0.2, 0) is 0 Å². The van der Waals surface area contributed by atoms with Gasteiger partial charge in [-0.2, -0.15) is 11.3 Å². The molecule has 0 saturated carbocycles. The summed E-state index contributed by atoms with van der Waals surface area (Å²) in [6.07, 6.45) is 0.874. The second-order valence-corrected chi connectivity index (χ2v) is 3.86. The van der Waals surface area contributed by atoms with Gasteiger partial charge in [-0.1, -0.05) is 6.92 Å². The Hall–Kier alpha value is -1.56. The Kier molecular flexibility index (Phi) is 4.11. The van der Waals surface area contributed by atoms with Crippen molar-refractivity contribution in [2.45, 2.75) is 19.4 Å². The van der Waals surface area contributed by atoms with Gasteiger partial charge in [-0.3, -0.25) is 16.1 Å². The molecule has 82 valence electrons. The number of hydrogen-bond acceptors (Lipinski definition) is 3. The molecule has 1 atom stereocenters. The number of nitrogens with one attached hydrogen (secondary N) is 4. The Labute approximate surface area is 92.7 Å². The molecule has 1 unspecified atom stereocenters. The van der Waals surface area contributed by atoms with E-state index in [1.807, 2.05) is 23.8 Å². The fraction of sp³-hybridized carbons (Fsp3) is 0.333. The maximum atomic E-state index is 7.52. The molecule has 0 aliphatic carbocycles. The van der Waals surface area contributed by atoms with Crippen molar-refractivity contribution in [3.63, 3.8) is 0 Å². The molecular weight excluding hydrogens is 210 g/mol. The molecule has 1 rings (SSSR count). The Balaban J connectivity index is 2.54. The normalized spacial score (nSPS) is 11.8. The molecule has 0 radical (unpaired) electrons. The average Bonchev–Trinajstić information content (AvgIpc) is 2.65. The summed E-state index contributed by atoms with van der Waals surface area (Å²) in [5.41, 5.74) is 6.27. The SMILES string of the molecule is CCC(NC(=N)NC(=N)N)c1ccsc1. The first-order valence-corrected chi connectivity index (χ1v) is 5.56. The predicted molar refractivity (Wildman–Crippen MR) is 63.3 cm³/mol. The molecule has 0 aromatic carbocycles. The first kappa shape index (κ1) is 11.5. The van der Waals surface area contributed by atoms with E-state index in [0.717, 1.165) is 12.0 Å². The monoisotopic (exact) mass is 225 g/mol. The van der Waals surface area contributed by atoms with Gasteiger partial charge in [-0.15, -0.1) is 0 Å². The quantitative estimate of drug-likeness (QED) is 0.395. The average molecular weight is 225 g/mol. The van der Waals surface area contributed by atoms with E-state index in [1.54, 1.807) is 11.3 Å². The van der Waals surface area contributed by atoms with Crippen LogP contribution in [0, 0.1) is 10.8 Å². The molecule has 1 heterocycles. The molecule has 6 heteroatoms. The van der Waals surface area contributed by atoms with Crippen molar-refractivity contribution in [1.82, 2.24) is 10.6 Å². The number of rotatable bonds is 3. The molecule has 0 spiro atoms.